The zero-order valence-corrected chi connectivity index (χ0v) is 11.4. The van der Waals surface area contributed by atoms with Crippen molar-refractivity contribution in [2.24, 2.45) is 0 Å². The van der Waals surface area contributed by atoms with Gasteiger partial charge in [-0.2, -0.15) is 0 Å². The third-order valence-corrected chi connectivity index (χ3v) is 5.17. The first-order chi connectivity index (χ1) is 9.29. The summed E-state index contributed by atoms with van der Waals surface area (Å²) in [5.41, 5.74) is 3.02. The number of fused-ring (bicyclic) bond motifs is 3. The van der Waals surface area contributed by atoms with Crippen LogP contribution in [0.3, 0.4) is 0 Å². The Labute approximate surface area is 115 Å². The standard InChI is InChI=1S/C17H20N2/c1-18-15-6-4-10-17(18,11-9-15)14-7-8-16-5-2-3-12-19(16)13-14/h2-5,7-8,10,12,15H,6,9,11,13H2,1H3. The third-order valence-electron chi connectivity index (χ3n) is 5.17. The summed E-state index contributed by atoms with van der Waals surface area (Å²) >= 11 is 0. The summed E-state index contributed by atoms with van der Waals surface area (Å²) < 4.78 is 0. The Kier molecular flexibility index (Phi) is 2.36. The summed E-state index contributed by atoms with van der Waals surface area (Å²) in [4.78, 5) is 4.95. The van der Waals surface area contributed by atoms with E-state index in [1.807, 2.05) is 0 Å². The van der Waals surface area contributed by atoms with E-state index in [0.29, 0.717) is 0 Å². The van der Waals surface area contributed by atoms with Crippen molar-refractivity contribution in [2.45, 2.75) is 30.8 Å². The topological polar surface area (TPSA) is 6.48 Å². The van der Waals surface area contributed by atoms with Crippen molar-refractivity contribution in [3.05, 3.63) is 60.0 Å². The largest absolute Gasteiger partial charge is 0.344 e. The minimum Gasteiger partial charge on any atom is -0.344 e. The molecule has 0 aromatic carbocycles. The van der Waals surface area contributed by atoms with E-state index >= 15 is 0 Å². The smallest absolute Gasteiger partial charge is 0.0625 e. The van der Waals surface area contributed by atoms with Crippen LogP contribution in [0.1, 0.15) is 19.3 Å². The van der Waals surface area contributed by atoms with Crippen LogP contribution < -0.4 is 0 Å². The third kappa shape index (κ3) is 1.53. The molecule has 2 bridgehead atoms. The van der Waals surface area contributed by atoms with E-state index in [2.05, 4.69) is 65.6 Å². The second kappa shape index (κ2) is 3.97. The van der Waals surface area contributed by atoms with Gasteiger partial charge in [-0.3, -0.25) is 4.90 Å². The van der Waals surface area contributed by atoms with Crippen LogP contribution in [0.15, 0.2) is 60.0 Å². The van der Waals surface area contributed by atoms with Crippen LogP contribution in [-0.2, 0) is 0 Å². The van der Waals surface area contributed by atoms with Gasteiger partial charge in [0.05, 0.1) is 5.54 Å². The molecule has 2 heteroatoms. The molecule has 2 nitrogen and oxygen atoms in total. The minimum atomic E-state index is 0.181. The van der Waals surface area contributed by atoms with Gasteiger partial charge in [-0.15, -0.1) is 0 Å². The van der Waals surface area contributed by atoms with Crippen molar-refractivity contribution in [1.29, 1.82) is 0 Å². The van der Waals surface area contributed by atoms with Gasteiger partial charge in [-0.05, 0) is 50.1 Å². The molecule has 0 N–H and O–H groups in total. The Morgan fingerprint density at radius 2 is 2.21 bits per heavy atom. The summed E-state index contributed by atoms with van der Waals surface area (Å²) in [5, 5.41) is 0. The predicted octanol–water partition coefficient (Wildman–Crippen LogP) is 2.99. The Morgan fingerprint density at radius 3 is 3.16 bits per heavy atom. The van der Waals surface area contributed by atoms with Crippen LogP contribution in [0, 0.1) is 0 Å². The number of allylic oxidation sites excluding steroid dienone is 5. The molecule has 1 saturated heterocycles. The van der Waals surface area contributed by atoms with E-state index in [1.165, 1.54) is 30.5 Å². The number of likely N-dealkylation sites (N-methyl/N-ethyl adjacent to an activating group) is 1. The van der Waals surface area contributed by atoms with Gasteiger partial charge in [-0.25, -0.2) is 0 Å². The Bertz CT molecular complexity index is 550. The number of hydrogen-bond acceptors (Lipinski definition) is 2. The summed E-state index contributed by atoms with van der Waals surface area (Å²) in [6, 6.07) is 0.744. The van der Waals surface area contributed by atoms with Crippen molar-refractivity contribution >= 4 is 0 Å². The average Bonchev–Trinajstić information content (AvgIpc) is 2.66. The summed E-state index contributed by atoms with van der Waals surface area (Å²) in [5.74, 6) is 0. The first-order valence-electron chi connectivity index (χ1n) is 7.23. The maximum atomic E-state index is 2.60. The second-order valence-electron chi connectivity index (χ2n) is 5.98. The molecule has 4 heterocycles. The lowest BCUT2D eigenvalue weighted by atomic mass is 9.84. The zero-order chi connectivity index (χ0) is 12.9. The van der Waals surface area contributed by atoms with E-state index in [-0.39, 0.29) is 5.54 Å². The Morgan fingerprint density at radius 1 is 1.26 bits per heavy atom. The fraction of sp³-hybridized carbons (Fsp3) is 0.412. The van der Waals surface area contributed by atoms with Crippen LogP contribution in [-0.4, -0.2) is 35.0 Å². The van der Waals surface area contributed by atoms with Gasteiger partial charge in [0, 0.05) is 24.5 Å². The van der Waals surface area contributed by atoms with Gasteiger partial charge in [0.1, 0.15) is 0 Å². The Balaban J connectivity index is 1.73. The van der Waals surface area contributed by atoms with E-state index in [9.17, 15) is 0 Å². The van der Waals surface area contributed by atoms with Crippen molar-refractivity contribution in [1.82, 2.24) is 9.80 Å². The molecule has 4 rings (SSSR count). The molecule has 0 radical (unpaired) electrons. The van der Waals surface area contributed by atoms with Crippen LogP contribution in [0.4, 0.5) is 0 Å². The lowest BCUT2D eigenvalue weighted by Crippen LogP contribution is -2.49. The summed E-state index contributed by atoms with van der Waals surface area (Å²) in [7, 11) is 2.30. The first-order valence-corrected chi connectivity index (χ1v) is 7.23. The molecular weight excluding hydrogens is 232 g/mol. The predicted molar refractivity (Wildman–Crippen MR) is 78.4 cm³/mol. The fourth-order valence-electron chi connectivity index (χ4n) is 3.96. The molecule has 0 saturated carbocycles. The van der Waals surface area contributed by atoms with Crippen LogP contribution >= 0.6 is 0 Å². The van der Waals surface area contributed by atoms with Gasteiger partial charge in [-0.1, -0.05) is 24.3 Å². The minimum absolute atomic E-state index is 0.181. The lowest BCUT2D eigenvalue weighted by Gasteiger charge is -2.43. The van der Waals surface area contributed by atoms with Crippen LogP contribution in [0.2, 0.25) is 0 Å². The molecule has 2 unspecified atom stereocenters. The van der Waals surface area contributed by atoms with E-state index in [1.54, 1.807) is 0 Å². The normalized spacial score (nSPS) is 36.3. The summed E-state index contributed by atoms with van der Waals surface area (Å²) in [6.07, 6.45) is 21.9. The van der Waals surface area contributed by atoms with Crippen LogP contribution in [0.25, 0.3) is 0 Å². The van der Waals surface area contributed by atoms with Crippen molar-refractivity contribution in [3.63, 3.8) is 0 Å². The Hall–Kier alpha value is -1.54. The van der Waals surface area contributed by atoms with E-state index < -0.39 is 0 Å². The van der Waals surface area contributed by atoms with E-state index in [4.69, 9.17) is 0 Å². The van der Waals surface area contributed by atoms with Gasteiger partial charge >= 0.3 is 0 Å². The van der Waals surface area contributed by atoms with Crippen molar-refractivity contribution in [3.8, 4) is 0 Å². The first kappa shape index (κ1) is 11.3. The molecule has 2 atom stereocenters. The maximum Gasteiger partial charge on any atom is 0.0625 e. The van der Waals surface area contributed by atoms with Crippen molar-refractivity contribution < 1.29 is 0 Å². The molecule has 0 aromatic heterocycles. The van der Waals surface area contributed by atoms with Gasteiger partial charge in [0.25, 0.3) is 0 Å². The molecule has 0 aromatic rings. The molecule has 0 spiro atoms. The maximum absolute atomic E-state index is 2.60. The lowest BCUT2D eigenvalue weighted by molar-refractivity contribution is 0.190. The molecule has 1 fully saturated rings. The molecule has 0 aliphatic carbocycles. The zero-order valence-electron chi connectivity index (χ0n) is 11.4. The fourth-order valence-corrected chi connectivity index (χ4v) is 3.96. The van der Waals surface area contributed by atoms with Crippen LogP contribution in [0.5, 0.6) is 0 Å². The molecule has 4 aliphatic heterocycles. The number of hydrogen-bond donors (Lipinski definition) is 0. The summed E-state index contributed by atoms with van der Waals surface area (Å²) in [6.45, 7) is 1.02. The molecule has 98 valence electrons. The number of nitrogens with zero attached hydrogens (tertiary/aromatic N) is 2. The SMILES string of the molecule is CN1C2CC=CC1(C1=CC=C3C=CC=CN3C1)CC2. The molecule has 4 aliphatic rings. The molecular formula is C17H20N2. The second-order valence-corrected chi connectivity index (χ2v) is 5.98. The highest BCUT2D eigenvalue weighted by Gasteiger charge is 2.46. The molecule has 0 amide bonds. The number of rotatable bonds is 1. The van der Waals surface area contributed by atoms with E-state index in [0.717, 1.165) is 12.6 Å². The quantitative estimate of drug-likeness (QED) is 0.662. The van der Waals surface area contributed by atoms with Crippen molar-refractivity contribution in [2.75, 3.05) is 13.6 Å². The highest BCUT2D eigenvalue weighted by molar-refractivity contribution is 5.44. The highest BCUT2D eigenvalue weighted by Crippen LogP contribution is 2.45. The average molecular weight is 252 g/mol. The monoisotopic (exact) mass is 252 g/mol. The van der Waals surface area contributed by atoms with Gasteiger partial charge in [0.2, 0.25) is 0 Å². The van der Waals surface area contributed by atoms with Gasteiger partial charge < -0.3 is 4.90 Å². The highest BCUT2D eigenvalue weighted by atomic mass is 15.2. The van der Waals surface area contributed by atoms with Gasteiger partial charge in [0.15, 0.2) is 0 Å². The molecule has 19 heavy (non-hydrogen) atoms.